The number of nitrogens with one attached hydrogen (secondary N) is 1. The number of rotatable bonds is 7. The zero-order valence-corrected chi connectivity index (χ0v) is 13.8. The summed E-state index contributed by atoms with van der Waals surface area (Å²) in [5, 5.41) is 13.3. The molecule has 0 aliphatic heterocycles. The van der Waals surface area contributed by atoms with Crippen LogP contribution in [0.4, 0.5) is 6.01 Å². The summed E-state index contributed by atoms with van der Waals surface area (Å²) in [6, 6.07) is 9.54. The summed E-state index contributed by atoms with van der Waals surface area (Å²) in [6.45, 7) is 0. The summed E-state index contributed by atoms with van der Waals surface area (Å²) >= 11 is 0. The van der Waals surface area contributed by atoms with E-state index in [-0.39, 0.29) is 41.2 Å². The van der Waals surface area contributed by atoms with Crippen molar-refractivity contribution >= 4 is 21.8 Å². The van der Waals surface area contributed by atoms with Crippen molar-refractivity contribution in [2.75, 3.05) is 11.1 Å². The van der Waals surface area contributed by atoms with Crippen LogP contribution in [0.3, 0.4) is 0 Å². The SMILES string of the molecule is O=C(CCCS(=O)(=O)c1ccccc1)Nc1nnc(-c2ccno2)o1. The molecular formula is C15H14N4O5S. The van der Waals surface area contributed by atoms with Crippen LogP contribution in [0.5, 0.6) is 0 Å². The van der Waals surface area contributed by atoms with Gasteiger partial charge in [0.1, 0.15) is 0 Å². The molecule has 0 aliphatic rings. The normalized spacial score (nSPS) is 11.4. The third-order valence-corrected chi connectivity index (χ3v) is 5.06. The summed E-state index contributed by atoms with van der Waals surface area (Å²) in [7, 11) is -3.41. The Kier molecular flexibility index (Phi) is 4.89. The molecule has 1 amide bonds. The van der Waals surface area contributed by atoms with Crippen molar-refractivity contribution < 1.29 is 22.2 Å². The fourth-order valence-corrected chi connectivity index (χ4v) is 3.38. The summed E-state index contributed by atoms with van der Waals surface area (Å²) in [5.41, 5.74) is 0. The summed E-state index contributed by atoms with van der Waals surface area (Å²) in [6.07, 6.45) is 1.60. The highest BCUT2D eigenvalue weighted by Crippen LogP contribution is 2.19. The van der Waals surface area contributed by atoms with E-state index in [0.717, 1.165) is 0 Å². The number of amides is 1. The van der Waals surface area contributed by atoms with Gasteiger partial charge < -0.3 is 8.94 Å². The number of hydrogen-bond acceptors (Lipinski definition) is 8. The third-order valence-electron chi connectivity index (χ3n) is 3.24. The van der Waals surface area contributed by atoms with Crippen molar-refractivity contribution in [2.45, 2.75) is 17.7 Å². The van der Waals surface area contributed by atoms with Gasteiger partial charge in [0.2, 0.25) is 11.7 Å². The lowest BCUT2D eigenvalue weighted by molar-refractivity contribution is -0.116. The molecule has 2 aromatic heterocycles. The summed E-state index contributed by atoms with van der Waals surface area (Å²) < 4.78 is 34.3. The molecule has 0 fully saturated rings. The molecule has 0 atom stereocenters. The molecular weight excluding hydrogens is 348 g/mol. The molecule has 3 aromatic rings. The van der Waals surface area contributed by atoms with E-state index in [0.29, 0.717) is 0 Å². The van der Waals surface area contributed by atoms with Gasteiger partial charge in [0.05, 0.1) is 16.8 Å². The van der Waals surface area contributed by atoms with Gasteiger partial charge in [-0.1, -0.05) is 28.5 Å². The fourth-order valence-electron chi connectivity index (χ4n) is 2.05. The second kappa shape index (κ2) is 7.26. The largest absolute Gasteiger partial charge is 0.400 e. The van der Waals surface area contributed by atoms with Gasteiger partial charge in [-0.15, -0.1) is 5.10 Å². The van der Waals surface area contributed by atoms with Crippen LogP contribution in [-0.4, -0.2) is 35.4 Å². The Morgan fingerprint density at radius 3 is 2.64 bits per heavy atom. The topological polar surface area (TPSA) is 128 Å². The minimum absolute atomic E-state index is 0.00604. The smallest absolute Gasteiger partial charge is 0.322 e. The second-order valence-corrected chi connectivity index (χ2v) is 7.18. The highest BCUT2D eigenvalue weighted by Gasteiger charge is 2.16. The maximum Gasteiger partial charge on any atom is 0.322 e. The van der Waals surface area contributed by atoms with E-state index in [2.05, 4.69) is 20.7 Å². The molecule has 130 valence electrons. The van der Waals surface area contributed by atoms with Crippen LogP contribution in [0, 0.1) is 0 Å². The standard InChI is InChI=1S/C15H14N4O5S/c20-13(7-4-10-25(21,22)11-5-2-1-3-6-11)17-15-19-18-14(23-15)12-8-9-16-24-12/h1-3,5-6,8-9H,4,7,10H2,(H,17,19,20). The minimum Gasteiger partial charge on any atom is -0.400 e. The average molecular weight is 362 g/mol. The summed E-state index contributed by atoms with van der Waals surface area (Å²) in [4.78, 5) is 12.1. The minimum atomic E-state index is -3.41. The first-order chi connectivity index (χ1) is 12.0. The number of sulfone groups is 1. The lowest BCUT2D eigenvalue weighted by atomic mass is 10.3. The van der Waals surface area contributed by atoms with Crippen molar-refractivity contribution in [2.24, 2.45) is 0 Å². The molecule has 2 heterocycles. The molecule has 25 heavy (non-hydrogen) atoms. The maximum atomic E-state index is 12.1. The molecule has 0 spiro atoms. The van der Waals surface area contributed by atoms with Gasteiger partial charge in [0.15, 0.2) is 9.84 Å². The van der Waals surface area contributed by atoms with E-state index in [9.17, 15) is 13.2 Å². The molecule has 3 rings (SSSR count). The van der Waals surface area contributed by atoms with Crippen molar-refractivity contribution in [3.63, 3.8) is 0 Å². The Hall–Kier alpha value is -3.01. The van der Waals surface area contributed by atoms with Gasteiger partial charge in [0.25, 0.3) is 5.89 Å². The van der Waals surface area contributed by atoms with E-state index in [1.165, 1.54) is 24.4 Å². The van der Waals surface area contributed by atoms with Crippen LogP contribution in [0.25, 0.3) is 11.7 Å². The van der Waals surface area contributed by atoms with E-state index in [1.54, 1.807) is 18.2 Å². The lowest BCUT2D eigenvalue weighted by Crippen LogP contribution is -2.14. The number of benzene rings is 1. The van der Waals surface area contributed by atoms with Crippen LogP contribution >= 0.6 is 0 Å². The Morgan fingerprint density at radius 1 is 1.12 bits per heavy atom. The monoisotopic (exact) mass is 362 g/mol. The van der Waals surface area contributed by atoms with Crippen LogP contribution in [0.1, 0.15) is 12.8 Å². The number of carbonyl (C=O) groups is 1. The molecule has 0 saturated heterocycles. The number of carbonyl (C=O) groups excluding carboxylic acids is 1. The van der Waals surface area contributed by atoms with Crippen molar-refractivity contribution in [3.05, 3.63) is 42.6 Å². The van der Waals surface area contributed by atoms with Gasteiger partial charge in [-0.3, -0.25) is 10.1 Å². The molecule has 0 bridgehead atoms. The number of hydrogen-bond donors (Lipinski definition) is 1. The Morgan fingerprint density at radius 2 is 1.92 bits per heavy atom. The van der Waals surface area contributed by atoms with Gasteiger partial charge in [-0.25, -0.2) is 8.42 Å². The molecule has 0 aliphatic carbocycles. The predicted octanol–water partition coefficient (Wildman–Crippen LogP) is 1.92. The van der Waals surface area contributed by atoms with E-state index in [1.807, 2.05) is 0 Å². The number of anilines is 1. The van der Waals surface area contributed by atoms with E-state index in [4.69, 9.17) is 8.94 Å². The first-order valence-electron chi connectivity index (χ1n) is 7.37. The van der Waals surface area contributed by atoms with Crippen LogP contribution in [0.15, 0.2) is 56.4 Å². The average Bonchev–Trinajstić information content (AvgIpc) is 3.27. The highest BCUT2D eigenvalue weighted by atomic mass is 32.2. The molecule has 0 radical (unpaired) electrons. The maximum absolute atomic E-state index is 12.1. The Balaban J connectivity index is 1.50. The molecule has 1 aromatic carbocycles. The molecule has 9 nitrogen and oxygen atoms in total. The quantitative estimate of drug-likeness (QED) is 0.675. The van der Waals surface area contributed by atoms with Crippen LogP contribution in [0.2, 0.25) is 0 Å². The number of aromatic nitrogens is 3. The van der Waals surface area contributed by atoms with Gasteiger partial charge in [0, 0.05) is 12.5 Å². The van der Waals surface area contributed by atoms with Gasteiger partial charge >= 0.3 is 6.01 Å². The lowest BCUT2D eigenvalue weighted by Gasteiger charge is -2.04. The fraction of sp³-hybridized carbons (Fsp3) is 0.200. The Bertz CT molecular complexity index is 935. The number of nitrogens with zero attached hydrogens (tertiary/aromatic N) is 3. The molecule has 0 unspecified atom stereocenters. The zero-order chi connectivity index (χ0) is 17.7. The van der Waals surface area contributed by atoms with Crippen LogP contribution < -0.4 is 5.32 Å². The van der Waals surface area contributed by atoms with Gasteiger partial charge in [-0.05, 0) is 18.6 Å². The predicted molar refractivity (Wildman–Crippen MR) is 86.2 cm³/mol. The van der Waals surface area contributed by atoms with Gasteiger partial charge in [-0.2, -0.15) is 0 Å². The second-order valence-electron chi connectivity index (χ2n) is 5.07. The first kappa shape index (κ1) is 16.8. The van der Waals surface area contributed by atoms with Crippen molar-refractivity contribution in [1.82, 2.24) is 15.4 Å². The zero-order valence-electron chi connectivity index (χ0n) is 13.0. The third kappa shape index (κ3) is 4.29. The van der Waals surface area contributed by atoms with E-state index >= 15 is 0 Å². The van der Waals surface area contributed by atoms with Crippen LogP contribution in [-0.2, 0) is 14.6 Å². The van der Waals surface area contributed by atoms with Crippen molar-refractivity contribution in [1.29, 1.82) is 0 Å². The summed E-state index contributed by atoms with van der Waals surface area (Å²) in [5.74, 6) is -0.185. The Labute approximate surface area is 143 Å². The van der Waals surface area contributed by atoms with Crippen molar-refractivity contribution in [3.8, 4) is 11.7 Å². The molecule has 1 N–H and O–H groups in total. The van der Waals surface area contributed by atoms with E-state index < -0.39 is 15.7 Å². The highest BCUT2D eigenvalue weighted by molar-refractivity contribution is 7.91. The molecule has 0 saturated carbocycles. The molecule has 10 heteroatoms. The first-order valence-corrected chi connectivity index (χ1v) is 9.02.